The Morgan fingerprint density at radius 1 is 1.31 bits per heavy atom. The Bertz CT molecular complexity index is 360. The molecule has 0 fully saturated rings. The van der Waals surface area contributed by atoms with Gasteiger partial charge in [-0.2, -0.15) is 0 Å². The van der Waals surface area contributed by atoms with Gasteiger partial charge in [-0.1, -0.05) is 30.3 Å². The molecular weight excluding hydrogens is 212 g/mol. The summed E-state index contributed by atoms with van der Waals surface area (Å²) in [6.45, 7) is 1.71. The smallest absolute Gasteiger partial charge is 0.435 e. The molecule has 1 rings (SSSR count). The predicted molar refractivity (Wildman–Crippen MR) is 54.9 cm³/mol. The standard InChI is InChI=1S/C11H12O5/c1-2-15-11(14)16-10(13)9(12)8-6-4-3-5-7-8/h3-7,10,13H,2H2,1H3. The summed E-state index contributed by atoms with van der Waals surface area (Å²) < 4.78 is 8.78. The molecule has 1 aromatic rings. The van der Waals surface area contributed by atoms with E-state index in [4.69, 9.17) is 0 Å². The van der Waals surface area contributed by atoms with E-state index in [1.54, 1.807) is 25.1 Å². The minimum Gasteiger partial charge on any atom is -0.435 e. The van der Waals surface area contributed by atoms with Crippen LogP contribution in [0.1, 0.15) is 17.3 Å². The van der Waals surface area contributed by atoms with Crippen molar-refractivity contribution in [2.24, 2.45) is 0 Å². The van der Waals surface area contributed by atoms with Crippen LogP contribution < -0.4 is 0 Å². The summed E-state index contributed by atoms with van der Waals surface area (Å²) in [5.74, 6) is -0.686. The van der Waals surface area contributed by atoms with Crippen LogP contribution in [-0.4, -0.2) is 29.9 Å². The maximum atomic E-state index is 11.5. The van der Waals surface area contributed by atoms with Crippen molar-refractivity contribution in [3.05, 3.63) is 35.9 Å². The minimum atomic E-state index is -1.83. The summed E-state index contributed by atoms with van der Waals surface area (Å²) in [5.41, 5.74) is 0.263. The lowest BCUT2D eigenvalue weighted by Crippen LogP contribution is -2.27. The van der Waals surface area contributed by atoms with Gasteiger partial charge in [0.05, 0.1) is 6.61 Å². The Labute approximate surface area is 92.6 Å². The van der Waals surface area contributed by atoms with Crippen molar-refractivity contribution in [3.8, 4) is 0 Å². The van der Waals surface area contributed by atoms with Crippen molar-refractivity contribution in [2.75, 3.05) is 6.61 Å². The van der Waals surface area contributed by atoms with Crippen LogP contribution in [0.2, 0.25) is 0 Å². The van der Waals surface area contributed by atoms with Crippen LogP contribution in [0.3, 0.4) is 0 Å². The van der Waals surface area contributed by atoms with E-state index in [1.807, 2.05) is 0 Å². The molecule has 0 spiro atoms. The van der Waals surface area contributed by atoms with E-state index in [2.05, 4.69) is 9.47 Å². The first-order valence-electron chi connectivity index (χ1n) is 4.76. The lowest BCUT2D eigenvalue weighted by molar-refractivity contribution is -0.0583. The number of hydrogen-bond donors (Lipinski definition) is 1. The largest absolute Gasteiger partial charge is 0.510 e. The molecule has 0 aliphatic carbocycles. The molecule has 0 aromatic heterocycles. The van der Waals surface area contributed by atoms with Crippen LogP contribution in [0.25, 0.3) is 0 Å². The molecule has 0 aliphatic rings. The number of carbonyl (C=O) groups is 2. The van der Waals surface area contributed by atoms with Crippen molar-refractivity contribution in [1.29, 1.82) is 0 Å². The average Bonchev–Trinajstić information content (AvgIpc) is 2.29. The van der Waals surface area contributed by atoms with Crippen molar-refractivity contribution in [3.63, 3.8) is 0 Å². The Balaban J connectivity index is 2.58. The molecule has 0 amide bonds. The first-order chi connectivity index (χ1) is 7.65. The zero-order valence-electron chi connectivity index (χ0n) is 8.75. The highest BCUT2D eigenvalue weighted by Gasteiger charge is 2.21. The average molecular weight is 224 g/mol. The summed E-state index contributed by atoms with van der Waals surface area (Å²) in [6, 6.07) is 8.05. The quantitative estimate of drug-likeness (QED) is 0.475. The number of hydrogen-bond acceptors (Lipinski definition) is 5. The number of ketones is 1. The third-order valence-corrected chi connectivity index (χ3v) is 1.75. The van der Waals surface area contributed by atoms with Gasteiger partial charge in [0.25, 0.3) is 6.29 Å². The number of carbonyl (C=O) groups excluding carboxylic acids is 2. The molecule has 0 radical (unpaired) electrons. The highest BCUT2D eigenvalue weighted by atomic mass is 16.8. The molecule has 0 aliphatic heterocycles. The SMILES string of the molecule is CCOC(=O)OC(O)C(=O)c1ccccc1. The second-order valence-corrected chi connectivity index (χ2v) is 2.88. The Morgan fingerprint density at radius 3 is 2.50 bits per heavy atom. The first-order valence-corrected chi connectivity index (χ1v) is 4.76. The van der Waals surface area contributed by atoms with Crippen molar-refractivity contribution in [1.82, 2.24) is 0 Å². The minimum absolute atomic E-state index is 0.116. The molecule has 86 valence electrons. The highest BCUT2D eigenvalue weighted by molar-refractivity contribution is 5.99. The maximum Gasteiger partial charge on any atom is 0.510 e. The highest BCUT2D eigenvalue weighted by Crippen LogP contribution is 2.05. The second kappa shape index (κ2) is 5.87. The third kappa shape index (κ3) is 3.36. The molecule has 0 saturated carbocycles. The van der Waals surface area contributed by atoms with Gasteiger partial charge in [0.1, 0.15) is 0 Å². The zero-order valence-corrected chi connectivity index (χ0v) is 8.75. The van der Waals surface area contributed by atoms with E-state index in [-0.39, 0.29) is 12.2 Å². The van der Waals surface area contributed by atoms with Gasteiger partial charge in [-0.25, -0.2) is 4.79 Å². The van der Waals surface area contributed by atoms with Crippen LogP contribution in [-0.2, 0) is 9.47 Å². The van der Waals surface area contributed by atoms with E-state index in [0.29, 0.717) is 0 Å². The van der Waals surface area contributed by atoms with Crippen molar-refractivity contribution < 1.29 is 24.2 Å². The molecule has 0 heterocycles. The van der Waals surface area contributed by atoms with Gasteiger partial charge >= 0.3 is 6.16 Å². The maximum absolute atomic E-state index is 11.5. The molecule has 1 atom stereocenters. The molecule has 0 saturated heterocycles. The summed E-state index contributed by atoms with van der Waals surface area (Å²) >= 11 is 0. The Hall–Kier alpha value is -1.88. The van der Waals surface area contributed by atoms with Gasteiger partial charge in [-0.3, -0.25) is 4.79 Å². The molecule has 16 heavy (non-hydrogen) atoms. The predicted octanol–water partition coefficient (Wildman–Crippen LogP) is 1.36. The zero-order chi connectivity index (χ0) is 12.0. The number of aliphatic hydroxyl groups is 1. The number of ether oxygens (including phenoxy) is 2. The fourth-order valence-corrected chi connectivity index (χ4v) is 1.04. The number of Topliss-reactive ketones (excluding diaryl/α,β-unsaturated/α-hetero) is 1. The van der Waals surface area contributed by atoms with Crippen LogP contribution in [0.15, 0.2) is 30.3 Å². The Kier molecular flexibility index (Phi) is 4.47. The van der Waals surface area contributed by atoms with Gasteiger partial charge in [0.2, 0.25) is 5.78 Å². The molecule has 1 unspecified atom stereocenters. The summed E-state index contributed by atoms with van der Waals surface area (Å²) in [7, 11) is 0. The van der Waals surface area contributed by atoms with Gasteiger partial charge in [0, 0.05) is 5.56 Å². The normalized spacial score (nSPS) is 11.6. The number of benzene rings is 1. The van der Waals surface area contributed by atoms with Gasteiger partial charge in [0.15, 0.2) is 0 Å². The van der Waals surface area contributed by atoms with Gasteiger partial charge < -0.3 is 14.6 Å². The first kappa shape index (κ1) is 12.2. The molecule has 0 bridgehead atoms. The molecule has 1 aromatic carbocycles. The molecule has 5 heteroatoms. The third-order valence-electron chi connectivity index (χ3n) is 1.75. The van der Waals surface area contributed by atoms with Crippen LogP contribution in [0.5, 0.6) is 0 Å². The van der Waals surface area contributed by atoms with E-state index >= 15 is 0 Å². The fraction of sp³-hybridized carbons (Fsp3) is 0.273. The van der Waals surface area contributed by atoms with Crippen LogP contribution in [0, 0.1) is 0 Å². The number of aliphatic hydroxyl groups excluding tert-OH is 1. The van der Waals surface area contributed by atoms with Crippen molar-refractivity contribution >= 4 is 11.9 Å². The van der Waals surface area contributed by atoms with E-state index in [1.165, 1.54) is 12.1 Å². The van der Waals surface area contributed by atoms with E-state index < -0.39 is 18.2 Å². The monoisotopic (exact) mass is 224 g/mol. The van der Waals surface area contributed by atoms with Crippen LogP contribution >= 0.6 is 0 Å². The second-order valence-electron chi connectivity index (χ2n) is 2.88. The lowest BCUT2D eigenvalue weighted by Gasteiger charge is -2.10. The van der Waals surface area contributed by atoms with E-state index in [9.17, 15) is 14.7 Å². The molecule has 5 nitrogen and oxygen atoms in total. The number of rotatable bonds is 4. The fourth-order valence-electron chi connectivity index (χ4n) is 1.04. The van der Waals surface area contributed by atoms with Gasteiger partial charge in [-0.05, 0) is 6.92 Å². The Morgan fingerprint density at radius 2 is 1.94 bits per heavy atom. The molecule has 1 N–H and O–H groups in total. The lowest BCUT2D eigenvalue weighted by atomic mass is 10.1. The van der Waals surface area contributed by atoms with Crippen molar-refractivity contribution in [2.45, 2.75) is 13.2 Å². The summed E-state index contributed by atoms with van der Waals surface area (Å²) in [5, 5.41) is 9.30. The summed E-state index contributed by atoms with van der Waals surface area (Å²) in [4.78, 5) is 22.3. The van der Waals surface area contributed by atoms with Crippen LogP contribution in [0.4, 0.5) is 4.79 Å². The summed E-state index contributed by atoms with van der Waals surface area (Å²) in [6.07, 6.45) is -2.90. The molecular formula is C11H12O5. The topological polar surface area (TPSA) is 72.8 Å². The van der Waals surface area contributed by atoms with E-state index in [0.717, 1.165) is 0 Å². The van der Waals surface area contributed by atoms with Gasteiger partial charge in [-0.15, -0.1) is 0 Å².